The highest BCUT2D eigenvalue weighted by Gasteiger charge is 2.31. The lowest BCUT2D eigenvalue weighted by Crippen LogP contribution is -2.43. The Morgan fingerprint density at radius 2 is 2.11 bits per heavy atom. The monoisotopic (exact) mass is 541 g/mol. The number of pyridine rings is 1. The van der Waals surface area contributed by atoms with Crippen LogP contribution in [0.25, 0.3) is 21.3 Å². The Bertz CT molecular complexity index is 1430. The molecule has 10 heteroatoms. The largest absolute Gasteiger partial charge is 0.494 e. The smallest absolute Gasteiger partial charge is 0.341 e. The number of nitrogens with two attached hydrogens (primary N) is 1. The average molecular weight is 542 g/mol. The van der Waals surface area contributed by atoms with Crippen LogP contribution < -0.4 is 21.2 Å². The lowest BCUT2D eigenvalue weighted by molar-refractivity contribution is -0.123. The van der Waals surface area contributed by atoms with Gasteiger partial charge in [-0.2, -0.15) is 11.8 Å². The van der Waals surface area contributed by atoms with Gasteiger partial charge in [-0.3, -0.25) is 9.59 Å². The number of amides is 1. The maximum atomic E-state index is 13.0. The number of carbonyl (C=O) groups is 2. The Hall–Kier alpha value is -2.82. The molecule has 1 fully saturated rings. The molecule has 1 amide bonds. The molecule has 37 heavy (non-hydrogen) atoms. The fourth-order valence-electron chi connectivity index (χ4n) is 5.10. The molecule has 5 rings (SSSR count). The van der Waals surface area contributed by atoms with Crippen LogP contribution in [0.5, 0.6) is 5.75 Å². The van der Waals surface area contributed by atoms with E-state index in [2.05, 4.69) is 11.4 Å². The minimum absolute atomic E-state index is 0.0872. The number of aromatic carboxylic acids is 1. The number of nitrogens with one attached hydrogen (secondary N) is 1. The van der Waals surface area contributed by atoms with Gasteiger partial charge in [-0.05, 0) is 74.3 Å². The number of fused-ring (bicyclic) bond motifs is 2. The maximum absolute atomic E-state index is 13.0. The Kier molecular flexibility index (Phi) is 7.33. The number of methoxy groups -OCH3 is 1. The molecule has 2 aliphatic rings. The normalized spacial score (nSPS) is 17.9. The molecular weight excluding hydrogens is 510 g/mol. The van der Waals surface area contributed by atoms with Gasteiger partial charge in [-0.1, -0.05) is 0 Å². The zero-order valence-electron chi connectivity index (χ0n) is 20.9. The first-order chi connectivity index (χ1) is 17.8. The highest BCUT2D eigenvalue weighted by Crippen LogP contribution is 2.46. The molecule has 0 spiro atoms. The van der Waals surface area contributed by atoms with Gasteiger partial charge in [-0.15, -0.1) is 11.3 Å². The third-order valence-corrected chi connectivity index (χ3v) is 9.08. The van der Waals surface area contributed by atoms with E-state index in [1.807, 2.05) is 16.9 Å². The fourth-order valence-corrected chi connectivity index (χ4v) is 6.88. The van der Waals surface area contributed by atoms with E-state index in [4.69, 9.17) is 10.5 Å². The molecule has 196 valence electrons. The van der Waals surface area contributed by atoms with Gasteiger partial charge in [-0.25, -0.2) is 4.79 Å². The molecule has 4 N–H and O–H groups in total. The number of carboxylic acid groups (broad SMARTS) is 1. The van der Waals surface area contributed by atoms with Crippen molar-refractivity contribution in [2.45, 2.75) is 56.7 Å². The highest BCUT2D eigenvalue weighted by molar-refractivity contribution is 7.98. The number of thiophene rings is 1. The molecular formula is C27H31N3O5S2. The van der Waals surface area contributed by atoms with Crippen molar-refractivity contribution in [3.63, 3.8) is 0 Å². The zero-order valence-corrected chi connectivity index (χ0v) is 22.5. The van der Waals surface area contributed by atoms with Crippen molar-refractivity contribution < 1.29 is 19.4 Å². The third kappa shape index (κ3) is 4.89. The van der Waals surface area contributed by atoms with Crippen molar-refractivity contribution in [2.75, 3.05) is 19.1 Å². The second-order valence-corrected chi connectivity index (χ2v) is 11.8. The van der Waals surface area contributed by atoms with Gasteiger partial charge in [0.1, 0.15) is 5.56 Å². The molecule has 3 aromatic rings. The van der Waals surface area contributed by atoms with Crippen molar-refractivity contribution in [2.24, 2.45) is 5.73 Å². The molecule has 8 nitrogen and oxygen atoms in total. The first-order valence-electron chi connectivity index (χ1n) is 12.5. The predicted molar refractivity (Wildman–Crippen MR) is 148 cm³/mol. The summed E-state index contributed by atoms with van der Waals surface area (Å²) in [7, 11) is 1.58. The van der Waals surface area contributed by atoms with Gasteiger partial charge in [0.2, 0.25) is 11.3 Å². The minimum Gasteiger partial charge on any atom is -0.494 e. The lowest BCUT2D eigenvalue weighted by atomic mass is 9.93. The number of hydrogen-bond acceptors (Lipinski definition) is 7. The van der Waals surface area contributed by atoms with E-state index in [1.165, 1.54) is 11.1 Å². The van der Waals surface area contributed by atoms with E-state index >= 15 is 0 Å². The quantitative estimate of drug-likeness (QED) is 0.368. The second kappa shape index (κ2) is 10.5. The van der Waals surface area contributed by atoms with Crippen LogP contribution in [-0.4, -0.2) is 46.7 Å². The summed E-state index contributed by atoms with van der Waals surface area (Å²) >= 11 is 3.35. The van der Waals surface area contributed by atoms with Gasteiger partial charge in [0, 0.05) is 27.6 Å². The van der Waals surface area contributed by atoms with Crippen LogP contribution in [0.1, 0.15) is 65.0 Å². The first kappa shape index (κ1) is 25.8. The second-order valence-electron chi connectivity index (χ2n) is 9.69. The van der Waals surface area contributed by atoms with Crippen LogP contribution in [0.15, 0.2) is 29.2 Å². The van der Waals surface area contributed by atoms with Crippen LogP contribution in [0.3, 0.4) is 0 Å². The van der Waals surface area contributed by atoms with E-state index in [0.29, 0.717) is 23.1 Å². The Morgan fingerprint density at radius 1 is 1.32 bits per heavy atom. The van der Waals surface area contributed by atoms with E-state index in [0.717, 1.165) is 53.9 Å². The number of carbonyl (C=O) groups excluding carboxylic acids is 1. The Labute approximate surface area is 223 Å². The van der Waals surface area contributed by atoms with Gasteiger partial charge >= 0.3 is 5.97 Å². The number of ether oxygens (including phenoxy) is 1. The molecule has 0 bridgehead atoms. The number of rotatable bonds is 9. The van der Waals surface area contributed by atoms with E-state index in [9.17, 15) is 19.5 Å². The van der Waals surface area contributed by atoms with Crippen LogP contribution in [0.4, 0.5) is 0 Å². The molecule has 1 unspecified atom stereocenters. The predicted octanol–water partition coefficient (Wildman–Crippen LogP) is 4.35. The van der Waals surface area contributed by atoms with Crippen molar-refractivity contribution in [3.05, 3.63) is 50.6 Å². The van der Waals surface area contributed by atoms with Crippen LogP contribution in [0.2, 0.25) is 0 Å². The Morgan fingerprint density at radius 3 is 2.78 bits per heavy atom. The molecule has 0 radical (unpaired) electrons. The van der Waals surface area contributed by atoms with Crippen molar-refractivity contribution in [3.8, 4) is 16.2 Å². The Balaban J connectivity index is 1.56. The summed E-state index contributed by atoms with van der Waals surface area (Å²) in [6.07, 6.45) is 8.74. The maximum Gasteiger partial charge on any atom is 0.341 e. The van der Waals surface area contributed by atoms with Crippen molar-refractivity contribution in [1.29, 1.82) is 0 Å². The molecule has 0 saturated heterocycles. The van der Waals surface area contributed by atoms with Crippen LogP contribution in [-0.2, 0) is 11.2 Å². The summed E-state index contributed by atoms with van der Waals surface area (Å²) in [4.78, 5) is 39.7. The third-order valence-electron chi connectivity index (χ3n) is 7.19. The number of carboxylic acids is 1. The van der Waals surface area contributed by atoms with E-state index < -0.39 is 17.4 Å². The van der Waals surface area contributed by atoms with Gasteiger partial charge in [0.25, 0.3) is 0 Å². The van der Waals surface area contributed by atoms with Crippen LogP contribution >= 0.6 is 23.1 Å². The van der Waals surface area contributed by atoms with Crippen LogP contribution in [0, 0.1) is 0 Å². The number of hydrogen-bond donors (Lipinski definition) is 3. The lowest BCUT2D eigenvalue weighted by Gasteiger charge is -2.25. The molecule has 0 aliphatic heterocycles. The number of aromatic nitrogens is 1. The van der Waals surface area contributed by atoms with Gasteiger partial charge < -0.3 is 25.5 Å². The van der Waals surface area contributed by atoms with E-state index in [-0.39, 0.29) is 23.6 Å². The SMILES string of the molecule is COc1c(-c2cc3c(s2)CCCC3NC(=O)[C@H](N)CCSC)ccc2c(=O)c(C(=O)O)cn(C3CC3)c12. The number of benzene rings is 1. The number of aryl methyl sites for hydroxylation is 1. The van der Waals surface area contributed by atoms with Crippen molar-refractivity contribution in [1.82, 2.24) is 9.88 Å². The molecule has 1 saturated carbocycles. The summed E-state index contributed by atoms with van der Waals surface area (Å²) in [6, 6.07) is 5.21. The molecule has 2 aliphatic carbocycles. The summed E-state index contributed by atoms with van der Waals surface area (Å²) in [6.45, 7) is 0. The summed E-state index contributed by atoms with van der Waals surface area (Å²) in [5, 5.41) is 13.1. The molecule has 2 aromatic heterocycles. The summed E-state index contributed by atoms with van der Waals surface area (Å²) in [5.41, 5.74) is 7.98. The fraction of sp³-hybridized carbons (Fsp3) is 0.444. The molecule has 2 atom stereocenters. The first-order valence-corrected chi connectivity index (χ1v) is 14.7. The standard InChI is InChI=1S/C27H31N3O5S2/c1-35-25-15(8-9-16-23(25)30(14-6-7-14)13-18(24(16)31)27(33)34)22-12-17-20(4-3-5-21(17)37-22)29-26(32)19(28)10-11-36-2/h8-9,12-14,19-20H,3-7,10-11,28H2,1-2H3,(H,29,32)(H,33,34)/t19-,20?/m1/s1. The van der Waals surface area contributed by atoms with E-state index in [1.54, 1.807) is 36.3 Å². The number of nitrogens with zero attached hydrogens (tertiary/aromatic N) is 1. The van der Waals surface area contributed by atoms with Gasteiger partial charge in [0.05, 0.1) is 30.1 Å². The van der Waals surface area contributed by atoms with Gasteiger partial charge in [0.15, 0.2) is 5.75 Å². The highest BCUT2D eigenvalue weighted by atomic mass is 32.2. The summed E-state index contributed by atoms with van der Waals surface area (Å²) < 4.78 is 7.79. The topological polar surface area (TPSA) is 124 Å². The molecule has 1 aromatic carbocycles. The zero-order chi connectivity index (χ0) is 26.3. The summed E-state index contributed by atoms with van der Waals surface area (Å²) in [5.74, 6) is 0.0632. The molecule has 2 heterocycles. The minimum atomic E-state index is -1.23. The average Bonchev–Trinajstić information content (AvgIpc) is 3.64. The number of thioether (sulfide) groups is 1. The van der Waals surface area contributed by atoms with Crippen molar-refractivity contribution >= 4 is 45.9 Å².